The van der Waals surface area contributed by atoms with Crippen molar-refractivity contribution in [2.45, 2.75) is 26.8 Å². The number of anilines is 1. The zero-order valence-electron chi connectivity index (χ0n) is 15.4. The number of carbonyl (C=O) groups excluding carboxylic acids is 1. The van der Waals surface area contributed by atoms with Gasteiger partial charge in [-0.15, -0.1) is 0 Å². The maximum absolute atomic E-state index is 12.2. The monoisotopic (exact) mass is 371 g/mol. The van der Waals surface area contributed by atoms with Gasteiger partial charge in [0.15, 0.2) is 0 Å². The third kappa shape index (κ3) is 4.99. The summed E-state index contributed by atoms with van der Waals surface area (Å²) in [6.07, 6.45) is 1.11. The van der Waals surface area contributed by atoms with Crippen LogP contribution in [0.25, 0.3) is 0 Å². The molecule has 0 unspecified atom stereocenters. The lowest BCUT2D eigenvalue weighted by atomic mass is 10.1. The van der Waals surface area contributed by atoms with Gasteiger partial charge in [0.25, 0.3) is 0 Å². The van der Waals surface area contributed by atoms with Crippen LogP contribution in [0, 0.1) is 19.8 Å². The zero-order valence-corrected chi connectivity index (χ0v) is 16.1. The van der Waals surface area contributed by atoms with Crippen molar-refractivity contribution in [3.05, 3.63) is 64.2 Å². The lowest BCUT2D eigenvalue weighted by Crippen LogP contribution is -2.34. The van der Waals surface area contributed by atoms with Gasteiger partial charge in [0, 0.05) is 30.3 Å². The summed E-state index contributed by atoms with van der Waals surface area (Å²) < 4.78 is 0. The molecule has 2 aromatic rings. The van der Waals surface area contributed by atoms with E-state index in [4.69, 9.17) is 11.6 Å². The van der Waals surface area contributed by atoms with Crippen LogP contribution in [0.15, 0.2) is 42.5 Å². The number of aryl methyl sites for hydroxylation is 1. The molecule has 5 heteroatoms. The molecule has 0 aliphatic carbocycles. The molecule has 4 nitrogen and oxygen atoms in total. The highest BCUT2D eigenvalue weighted by molar-refractivity contribution is 6.31. The van der Waals surface area contributed by atoms with Crippen molar-refractivity contribution in [1.29, 1.82) is 0 Å². The third-order valence-corrected chi connectivity index (χ3v) is 5.37. The normalized spacial score (nSPS) is 17.3. The molecule has 1 heterocycles. The average Bonchev–Trinajstić information content (AvgIpc) is 3.07. The Kier molecular flexibility index (Phi) is 6.17. The van der Waals surface area contributed by atoms with Crippen LogP contribution in [0.5, 0.6) is 0 Å². The van der Waals surface area contributed by atoms with Crippen molar-refractivity contribution in [3.8, 4) is 0 Å². The maximum Gasteiger partial charge on any atom is 0.319 e. The number of amides is 2. The van der Waals surface area contributed by atoms with Crippen molar-refractivity contribution in [1.82, 2.24) is 10.2 Å². The number of nitrogens with one attached hydrogen (secondary N) is 2. The minimum absolute atomic E-state index is 0.174. The quantitative estimate of drug-likeness (QED) is 0.806. The molecule has 1 aliphatic heterocycles. The fourth-order valence-electron chi connectivity index (χ4n) is 3.32. The summed E-state index contributed by atoms with van der Waals surface area (Å²) in [5.74, 6) is 0.492. The lowest BCUT2D eigenvalue weighted by molar-refractivity contribution is 0.249. The molecule has 0 bridgehead atoms. The van der Waals surface area contributed by atoms with E-state index in [0.717, 1.165) is 37.3 Å². The van der Waals surface area contributed by atoms with E-state index in [-0.39, 0.29) is 6.03 Å². The molecular weight excluding hydrogens is 346 g/mol. The molecule has 1 atom stereocenters. The molecule has 3 rings (SSSR count). The predicted octanol–water partition coefficient (Wildman–Crippen LogP) is 4.60. The van der Waals surface area contributed by atoms with E-state index < -0.39 is 0 Å². The molecule has 0 radical (unpaired) electrons. The van der Waals surface area contributed by atoms with E-state index >= 15 is 0 Å². The van der Waals surface area contributed by atoms with Gasteiger partial charge in [-0.3, -0.25) is 4.90 Å². The number of hydrogen-bond acceptors (Lipinski definition) is 2. The number of rotatable bonds is 5. The Morgan fingerprint density at radius 1 is 1.19 bits per heavy atom. The van der Waals surface area contributed by atoms with Gasteiger partial charge in [0.05, 0.1) is 0 Å². The topological polar surface area (TPSA) is 44.4 Å². The van der Waals surface area contributed by atoms with Crippen LogP contribution < -0.4 is 10.6 Å². The number of nitrogens with zero attached hydrogens (tertiary/aromatic N) is 1. The van der Waals surface area contributed by atoms with E-state index in [0.29, 0.717) is 17.5 Å². The smallest absolute Gasteiger partial charge is 0.319 e. The summed E-state index contributed by atoms with van der Waals surface area (Å²) in [4.78, 5) is 14.6. The molecule has 1 saturated heterocycles. The molecule has 0 spiro atoms. The van der Waals surface area contributed by atoms with Crippen molar-refractivity contribution in [2.75, 3.05) is 25.0 Å². The summed E-state index contributed by atoms with van der Waals surface area (Å²) >= 11 is 6.09. The first-order valence-corrected chi connectivity index (χ1v) is 9.47. The number of carbonyl (C=O) groups is 1. The zero-order chi connectivity index (χ0) is 18.5. The van der Waals surface area contributed by atoms with Crippen LogP contribution in [0.2, 0.25) is 5.02 Å². The minimum atomic E-state index is -0.174. The maximum atomic E-state index is 12.2. The second kappa shape index (κ2) is 8.56. The van der Waals surface area contributed by atoms with Crippen LogP contribution in [0.1, 0.15) is 23.1 Å². The summed E-state index contributed by atoms with van der Waals surface area (Å²) in [6.45, 7) is 7.77. The average molecular weight is 372 g/mol. The van der Waals surface area contributed by atoms with Gasteiger partial charge in [0.2, 0.25) is 0 Å². The van der Waals surface area contributed by atoms with Gasteiger partial charge in [0.1, 0.15) is 0 Å². The standard InChI is InChI=1S/C21H26ClN3O/c1-15-6-8-17(9-7-15)13-25-11-10-18(14-25)12-23-21(26)24-20-5-3-4-19(22)16(20)2/h3-9,18H,10-14H2,1-2H3,(H2,23,24,26)/t18-/m1/s1. The Labute approximate surface area is 160 Å². The predicted molar refractivity (Wildman–Crippen MR) is 108 cm³/mol. The number of benzene rings is 2. The van der Waals surface area contributed by atoms with Gasteiger partial charge in [-0.25, -0.2) is 4.79 Å². The van der Waals surface area contributed by atoms with Crippen LogP contribution >= 0.6 is 11.6 Å². The Hall–Kier alpha value is -2.04. The third-order valence-electron chi connectivity index (χ3n) is 4.96. The van der Waals surface area contributed by atoms with Gasteiger partial charge in [-0.2, -0.15) is 0 Å². The SMILES string of the molecule is Cc1ccc(CN2CC[C@H](CNC(=O)Nc3cccc(Cl)c3C)C2)cc1. The fraction of sp³-hybridized carbons (Fsp3) is 0.381. The molecule has 2 N–H and O–H groups in total. The molecule has 2 aromatic carbocycles. The van der Waals surface area contributed by atoms with Gasteiger partial charge < -0.3 is 10.6 Å². The molecule has 0 aromatic heterocycles. The van der Waals surface area contributed by atoms with E-state index in [1.165, 1.54) is 11.1 Å². The number of urea groups is 1. The Balaban J connectivity index is 1.43. The number of halogens is 1. The van der Waals surface area contributed by atoms with Crippen LogP contribution in [0.3, 0.4) is 0 Å². The van der Waals surface area contributed by atoms with E-state index in [9.17, 15) is 4.79 Å². The molecule has 138 valence electrons. The molecular formula is C21H26ClN3O. The second-order valence-corrected chi connectivity index (χ2v) is 7.53. The van der Waals surface area contributed by atoms with Crippen LogP contribution in [0.4, 0.5) is 10.5 Å². The Morgan fingerprint density at radius 2 is 1.96 bits per heavy atom. The van der Waals surface area contributed by atoms with E-state index in [2.05, 4.69) is 46.7 Å². The number of likely N-dealkylation sites (tertiary alicyclic amines) is 1. The van der Waals surface area contributed by atoms with E-state index in [1.807, 2.05) is 25.1 Å². The van der Waals surface area contributed by atoms with Gasteiger partial charge in [-0.05, 0) is 56.0 Å². The Morgan fingerprint density at radius 3 is 2.73 bits per heavy atom. The molecule has 0 saturated carbocycles. The summed E-state index contributed by atoms with van der Waals surface area (Å²) in [7, 11) is 0. The molecule has 2 amide bonds. The molecule has 1 aliphatic rings. The van der Waals surface area contributed by atoms with Crippen LogP contribution in [-0.2, 0) is 6.54 Å². The van der Waals surface area contributed by atoms with Crippen LogP contribution in [-0.4, -0.2) is 30.6 Å². The molecule has 1 fully saturated rings. The highest BCUT2D eigenvalue weighted by Gasteiger charge is 2.22. The first kappa shape index (κ1) is 18.7. The van der Waals surface area contributed by atoms with Crippen molar-refractivity contribution in [3.63, 3.8) is 0 Å². The highest BCUT2D eigenvalue weighted by atomic mass is 35.5. The summed E-state index contributed by atoms with van der Waals surface area (Å²) in [5, 5.41) is 6.53. The largest absolute Gasteiger partial charge is 0.338 e. The molecule has 26 heavy (non-hydrogen) atoms. The minimum Gasteiger partial charge on any atom is -0.338 e. The van der Waals surface area contributed by atoms with Crippen molar-refractivity contribution >= 4 is 23.3 Å². The van der Waals surface area contributed by atoms with E-state index in [1.54, 1.807) is 0 Å². The van der Waals surface area contributed by atoms with Crippen molar-refractivity contribution < 1.29 is 4.79 Å². The second-order valence-electron chi connectivity index (χ2n) is 7.12. The highest BCUT2D eigenvalue weighted by Crippen LogP contribution is 2.23. The number of hydrogen-bond donors (Lipinski definition) is 2. The summed E-state index contributed by atoms with van der Waals surface area (Å²) in [6, 6.07) is 14.1. The van der Waals surface area contributed by atoms with Gasteiger partial charge in [-0.1, -0.05) is 47.5 Å². The first-order chi connectivity index (χ1) is 12.5. The first-order valence-electron chi connectivity index (χ1n) is 9.09. The fourth-order valence-corrected chi connectivity index (χ4v) is 3.50. The Bertz CT molecular complexity index is 760. The summed E-state index contributed by atoms with van der Waals surface area (Å²) in [5.41, 5.74) is 4.27. The lowest BCUT2D eigenvalue weighted by Gasteiger charge is -2.17. The van der Waals surface area contributed by atoms with Gasteiger partial charge >= 0.3 is 6.03 Å². The van der Waals surface area contributed by atoms with Crippen molar-refractivity contribution in [2.24, 2.45) is 5.92 Å².